The molecule has 118 valence electrons. The maximum atomic E-state index is 13.8. The quantitative estimate of drug-likeness (QED) is 0.618. The van der Waals surface area contributed by atoms with Gasteiger partial charge in [0.25, 0.3) is 0 Å². The topological polar surface area (TPSA) is 17.1 Å². The van der Waals surface area contributed by atoms with Crippen LogP contribution in [0.25, 0.3) is 0 Å². The van der Waals surface area contributed by atoms with Crippen molar-refractivity contribution in [3.8, 4) is 0 Å². The van der Waals surface area contributed by atoms with Crippen LogP contribution in [0.15, 0.2) is 0 Å². The number of rotatable bonds is 0. The van der Waals surface area contributed by atoms with E-state index in [-0.39, 0.29) is 5.41 Å². The highest BCUT2D eigenvalue weighted by Gasteiger charge is 2.60. The minimum Gasteiger partial charge on any atom is -0.299 e. The Morgan fingerprint density at radius 2 is 1.81 bits per heavy atom. The number of hydrogen-bond acceptors (Lipinski definition) is 1. The molecule has 4 saturated carbocycles. The molecule has 21 heavy (non-hydrogen) atoms. The van der Waals surface area contributed by atoms with Gasteiger partial charge in [-0.05, 0) is 80.5 Å². The first kappa shape index (κ1) is 14.2. The van der Waals surface area contributed by atoms with Crippen LogP contribution in [0.4, 0.5) is 4.39 Å². The van der Waals surface area contributed by atoms with Crippen molar-refractivity contribution in [3.05, 3.63) is 0 Å². The van der Waals surface area contributed by atoms with E-state index in [1.54, 1.807) is 0 Å². The molecule has 0 amide bonds. The molecule has 4 rings (SSSR count). The fourth-order valence-corrected chi connectivity index (χ4v) is 6.98. The van der Waals surface area contributed by atoms with Gasteiger partial charge in [0, 0.05) is 11.8 Å². The first-order valence-electron chi connectivity index (χ1n) is 9.12. The van der Waals surface area contributed by atoms with Crippen molar-refractivity contribution in [1.82, 2.24) is 0 Å². The van der Waals surface area contributed by atoms with Crippen LogP contribution in [-0.2, 0) is 4.79 Å². The Morgan fingerprint density at radius 3 is 2.62 bits per heavy atom. The van der Waals surface area contributed by atoms with E-state index in [1.807, 2.05) is 0 Å². The zero-order chi connectivity index (χ0) is 14.8. The smallest absolute Gasteiger partial charge is 0.139 e. The van der Waals surface area contributed by atoms with Gasteiger partial charge >= 0.3 is 0 Å². The minimum atomic E-state index is -0.554. The normalized spacial score (nSPS) is 56.5. The molecule has 6 unspecified atom stereocenters. The summed E-state index contributed by atoms with van der Waals surface area (Å²) in [4.78, 5) is 12.4. The highest BCUT2D eigenvalue weighted by atomic mass is 19.1. The molecule has 0 aromatic rings. The molecule has 0 aromatic heterocycles. The molecular weight excluding hydrogens is 263 g/mol. The zero-order valence-corrected chi connectivity index (χ0v) is 13.5. The second kappa shape index (κ2) is 4.55. The average Bonchev–Trinajstić information content (AvgIpc) is 2.76. The Hall–Kier alpha value is -0.400. The fraction of sp³-hybridized carbons (Fsp3) is 0.947. The number of halogens is 1. The fourth-order valence-electron chi connectivity index (χ4n) is 6.98. The molecule has 0 saturated heterocycles. The van der Waals surface area contributed by atoms with Crippen LogP contribution in [0.1, 0.15) is 71.6 Å². The van der Waals surface area contributed by atoms with E-state index in [1.165, 1.54) is 19.3 Å². The molecule has 0 heterocycles. The van der Waals surface area contributed by atoms with Crippen LogP contribution in [0.3, 0.4) is 0 Å². The van der Waals surface area contributed by atoms with Gasteiger partial charge in [-0.15, -0.1) is 0 Å². The Morgan fingerprint density at radius 1 is 1.00 bits per heavy atom. The van der Waals surface area contributed by atoms with Gasteiger partial charge in [-0.2, -0.15) is 0 Å². The molecule has 0 radical (unpaired) electrons. The highest BCUT2D eigenvalue weighted by molar-refractivity contribution is 5.87. The summed E-state index contributed by atoms with van der Waals surface area (Å²) in [7, 11) is 0. The standard InChI is InChI=1S/C19H29FO/c1-18-9-7-13(20)11-12(18)3-4-14-15-5-6-17(21)19(15,2)10-8-16(14)18/h12-16H,3-11H2,1-2H3/t12?,13-,14?,15?,16?,18?,19?/m0/s1. The largest absolute Gasteiger partial charge is 0.299 e. The van der Waals surface area contributed by atoms with Gasteiger partial charge < -0.3 is 0 Å². The minimum absolute atomic E-state index is 0.0122. The van der Waals surface area contributed by atoms with Gasteiger partial charge in [-0.3, -0.25) is 4.79 Å². The molecular formula is C19H29FO. The monoisotopic (exact) mass is 292 g/mol. The second-order valence-electron chi connectivity index (χ2n) is 8.95. The summed E-state index contributed by atoms with van der Waals surface area (Å²) in [5.74, 6) is 3.26. The molecule has 0 N–H and O–H groups in total. The summed E-state index contributed by atoms with van der Waals surface area (Å²) in [6.07, 6.45) is 8.83. The lowest BCUT2D eigenvalue weighted by atomic mass is 9.45. The van der Waals surface area contributed by atoms with Crippen molar-refractivity contribution in [2.24, 2.45) is 34.5 Å². The van der Waals surface area contributed by atoms with E-state index in [0.717, 1.165) is 50.4 Å². The Kier molecular flexibility index (Phi) is 3.08. The number of ketones is 1. The molecule has 0 aromatic carbocycles. The zero-order valence-electron chi connectivity index (χ0n) is 13.5. The highest BCUT2D eigenvalue weighted by Crippen LogP contribution is 2.65. The molecule has 0 spiro atoms. The molecule has 4 aliphatic rings. The van der Waals surface area contributed by atoms with E-state index in [2.05, 4.69) is 13.8 Å². The molecule has 2 heteroatoms. The molecule has 1 nitrogen and oxygen atoms in total. The first-order valence-corrected chi connectivity index (χ1v) is 9.12. The summed E-state index contributed by atoms with van der Waals surface area (Å²) in [5.41, 5.74) is 0.347. The van der Waals surface area contributed by atoms with E-state index < -0.39 is 6.17 Å². The van der Waals surface area contributed by atoms with E-state index in [0.29, 0.717) is 23.0 Å². The first-order chi connectivity index (χ1) is 9.95. The van der Waals surface area contributed by atoms with Crippen LogP contribution < -0.4 is 0 Å². The summed E-state index contributed by atoms with van der Waals surface area (Å²) in [6, 6.07) is 0. The van der Waals surface area contributed by atoms with Crippen molar-refractivity contribution in [1.29, 1.82) is 0 Å². The van der Waals surface area contributed by atoms with Crippen molar-refractivity contribution in [2.75, 3.05) is 0 Å². The number of carbonyl (C=O) groups is 1. The van der Waals surface area contributed by atoms with E-state index >= 15 is 0 Å². The lowest BCUT2D eigenvalue weighted by Crippen LogP contribution is -2.53. The Balaban J connectivity index is 1.64. The molecule has 4 fully saturated rings. The van der Waals surface area contributed by atoms with Crippen molar-refractivity contribution >= 4 is 5.78 Å². The SMILES string of the molecule is CC12CCC3C(CCC4C[C@@H](F)CCC43C)C1CCC2=O. The van der Waals surface area contributed by atoms with Crippen LogP contribution >= 0.6 is 0 Å². The third-order valence-corrected chi connectivity index (χ3v) is 8.31. The Bertz CT molecular complexity index is 460. The number of carbonyl (C=O) groups excluding carboxylic acids is 1. The van der Waals surface area contributed by atoms with Gasteiger partial charge in [0.1, 0.15) is 12.0 Å². The van der Waals surface area contributed by atoms with Gasteiger partial charge in [0.15, 0.2) is 0 Å². The van der Waals surface area contributed by atoms with Crippen molar-refractivity contribution in [2.45, 2.75) is 77.8 Å². The molecule has 0 aliphatic heterocycles. The Labute approximate surface area is 128 Å². The number of hydrogen-bond donors (Lipinski definition) is 0. The molecule has 7 atom stereocenters. The maximum Gasteiger partial charge on any atom is 0.139 e. The summed E-state index contributed by atoms with van der Waals surface area (Å²) < 4.78 is 13.8. The number of alkyl halides is 1. The second-order valence-corrected chi connectivity index (χ2v) is 8.95. The lowest BCUT2D eigenvalue weighted by Gasteiger charge is -2.59. The maximum absolute atomic E-state index is 13.8. The third kappa shape index (κ3) is 1.83. The van der Waals surface area contributed by atoms with Gasteiger partial charge in [-0.1, -0.05) is 13.8 Å². The van der Waals surface area contributed by atoms with E-state index in [9.17, 15) is 9.18 Å². The average molecular weight is 292 g/mol. The van der Waals surface area contributed by atoms with Crippen molar-refractivity contribution in [3.63, 3.8) is 0 Å². The van der Waals surface area contributed by atoms with Crippen molar-refractivity contribution < 1.29 is 9.18 Å². The van der Waals surface area contributed by atoms with Gasteiger partial charge in [0.05, 0.1) is 0 Å². The van der Waals surface area contributed by atoms with Crippen LogP contribution in [0, 0.1) is 34.5 Å². The van der Waals surface area contributed by atoms with Crippen LogP contribution in [-0.4, -0.2) is 12.0 Å². The lowest BCUT2D eigenvalue weighted by molar-refractivity contribution is -0.140. The van der Waals surface area contributed by atoms with Crippen LogP contribution in [0.5, 0.6) is 0 Å². The van der Waals surface area contributed by atoms with Gasteiger partial charge in [-0.25, -0.2) is 4.39 Å². The van der Waals surface area contributed by atoms with Gasteiger partial charge in [0.2, 0.25) is 0 Å². The molecule has 0 bridgehead atoms. The predicted octanol–water partition coefficient (Wildman–Crippen LogP) is 4.94. The summed E-state index contributed by atoms with van der Waals surface area (Å²) in [6.45, 7) is 4.70. The molecule has 4 aliphatic carbocycles. The number of fused-ring (bicyclic) bond motifs is 5. The third-order valence-electron chi connectivity index (χ3n) is 8.31. The summed E-state index contributed by atoms with van der Waals surface area (Å²) in [5, 5.41) is 0. The number of Topliss-reactive ketones (excluding diaryl/α,β-unsaturated/α-hetero) is 1. The van der Waals surface area contributed by atoms with Crippen LogP contribution in [0.2, 0.25) is 0 Å². The summed E-state index contributed by atoms with van der Waals surface area (Å²) >= 11 is 0. The van der Waals surface area contributed by atoms with E-state index in [4.69, 9.17) is 0 Å². The predicted molar refractivity (Wildman–Crippen MR) is 81.6 cm³/mol.